The summed E-state index contributed by atoms with van der Waals surface area (Å²) in [7, 11) is 1.15. The second-order valence-electron chi connectivity index (χ2n) is 22.2. The van der Waals surface area contributed by atoms with Gasteiger partial charge in [-0.05, 0) is 70.3 Å². The average Bonchev–Trinajstić information content (AvgIpc) is 3.36. The van der Waals surface area contributed by atoms with Crippen molar-refractivity contribution < 1.29 is 37.3 Å². The van der Waals surface area contributed by atoms with Crippen LogP contribution in [0, 0.1) is 0 Å². The molecule has 0 aromatic heterocycles. The topological polar surface area (TPSA) is 114 Å². The molecule has 0 saturated heterocycles. The number of quaternary nitrogens is 1. The van der Waals surface area contributed by atoms with E-state index in [9.17, 15) is 19.0 Å². The van der Waals surface area contributed by atoms with Crippen LogP contribution in [0.4, 0.5) is 0 Å². The van der Waals surface area contributed by atoms with Crippen molar-refractivity contribution >= 4 is 19.7 Å². The van der Waals surface area contributed by atoms with Crippen molar-refractivity contribution in [2.24, 2.45) is 0 Å². The maximum atomic E-state index is 13.5. The van der Waals surface area contributed by atoms with Gasteiger partial charge in [-0.25, -0.2) is 0 Å². The fourth-order valence-electron chi connectivity index (χ4n) is 8.87. The highest BCUT2D eigenvalue weighted by molar-refractivity contribution is 7.45. The maximum Gasteiger partial charge on any atom is 0.306 e. The standard InChI is InChI=1S/C64H119N2O7P/c1-7-10-13-16-19-22-25-28-30-32-33-35-37-39-42-45-48-51-54-57-64(68)73-62(55-52-49-46-43-40-27-24-21-18-15-12-9-3)61(60-72-74(69,70)71-59-58-66(4,5)6)65-63(67)56-53-50-47-44-41-38-36-34-31-29-26-23-20-17-14-11-8-2/h20,23,29,31,36,38,44,47,52,55,61-62H,7-19,21-22,24-28,30,32-35,37,39-43,45-46,48-51,53-54,56-60H2,1-6H3,(H-,65,67,69,70)/b23-20-,31-29-,38-36-,47-44-,55-52+. The van der Waals surface area contributed by atoms with E-state index in [1.54, 1.807) is 0 Å². The molecule has 1 N–H and O–H groups in total. The fraction of sp³-hybridized carbons (Fsp3) is 0.812. The largest absolute Gasteiger partial charge is 0.756 e. The summed E-state index contributed by atoms with van der Waals surface area (Å²) in [6.07, 6.45) is 67.7. The molecular weight excluding hydrogens is 940 g/mol. The van der Waals surface area contributed by atoms with Gasteiger partial charge in [0.2, 0.25) is 5.91 Å². The summed E-state index contributed by atoms with van der Waals surface area (Å²) in [6.45, 7) is 6.79. The molecule has 74 heavy (non-hydrogen) atoms. The van der Waals surface area contributed by atoms with Crippen molar-refractivity contribution in [3.8, 4) is 0 Å². The number of ether oxygens (including phenoxy) is 1. The molecule has 3 unspecified atom stereocenters. The first-order chi connectivity index (χ1) is 35.9. The number of nitrogens with one attached hydrogen (secondary N) is 1. The Hall–Kier alpha value is -2.29. The van der Waals surface area contributed by atoms with Gasteiger partial charge in [-0.1, -0.05) is 262 Å². The van der Waals surface area contributed by atoms with E-state index in [0.717, 1.165) is 64.2 Å². The van der Waals surface area contributed by atoms with Gasteiger partial charge in [0, 0.05) is 12.8 Å². The van der Waals surface area contributed by atoms with Crippen molar-refractivity contribution in [3.63, 3.8) is 0 Å². The molecule has 10 heteroatoms. The lowest BCUT2D eigenvalue weighted by atomic mass is 10.0. The molecule has 0 heterocycles. The summed E-state index contributed by atoms with van der Waals surface area (Å²) in [6, 6.07) is -0.915. The molecular formula is C64H119N2O7P. The number of hydrogen-bond acceptors (Lipinski definition) is 7. The number of nitrogens with zero attached hydrogens (tertiary/aromatic N) is 1. The van der Waals surface area contributed by atoms with Crippen LogP contribution in [0.15, 0.2) is 60.8 Å². The van der Waals surface area contributed by atoms with Crippen LogP contribution >= 0.6 is 7.82 Å². The number of carbonyl (C=O) groups excluding carboxylic acids is 2. The Morgan fingerprint density at radius 1 is 0.473 bits per heavy atom. The number of allylic oxidation sites excluding steroid dienone is 9. The molecule has 0 aliphatic carbocycles. The molecule has 0 aromatic carbocycles. The number of likely N-dealkylation sites (N-methyl/N-ethyl adjacent to an activating group) is 1. The van der Waals surface area contributed by atoms with E-state index >= 15 is 0 Å². The van der Waals surface area contributed by atoms with Gasteiger partial charge in [-0.2, -0.15) is 0 Å². The Bertz CT molecular complexity index is 1450. The zero-order chi connectivity index (χ0) is 54.3. The first-order valence-corrected chi connectivity index (χ1v) is 32.6. The number of hydrogen-bond donors (Lipinski definition) is 1. The van der Waals surface area contributed by atoms with E-state index < -0.39 is 26.6 Å². The highest BCUT2D eigenvalue weighted by atomic mass is 31.2. The number of unbranched alkanes of at least 4 members (excludes halogenated alkanes) is 32. The minimum Gasteiger partial charge on any atom is -0.756 e. The molecule has 432 valence electrons. The van der Waals surface area contributed by atoms with Crippen LogP contribution in [0.3, 0.4) is 0 Å². The SMILES string of the molecule is CCCCC/C=C\C/C=C\C/C=C\C/C=C\CCCC(=O)NC(COP(=O)([O-])OCC[N+](C)(C)C)C(/C=C/CCCCCCCCCCCC)OC(=O)CCCCCCCCCCCCCCCCCCCCC. The lowest BCUT2D eigenvalue weighted by Crippen LogP contribution is -2.47. The monoisotopic (exact) mass is 1060 g/mol. The molecule has 0 bridgehead atoms. The Morgan fingerprint density at radius 3 is 1.28 bits per heavy atom. The summed E-state index contributed by atoms with van der Waals surface area (Å²) in [4.78, 5) is 39.9. The molecule has 0 saturated carbocycles. The predicted molar refractivity (Wildman–Crippen MR) is 316 cm³/mol. The van der Waals surface area contributed by atoms with Crippen molar-refractivity contribution in [3.05, 3.63) is 60.8 Å². The molecule has 0 radical (unpaired) electrons. The van der Waals surface area contributed by atoms with Crippen LogP contribution in [-0.2, 0) is 27.9 Å². The van der Waals surface area contributed by atoms with Gasteiger partial charge in [-0.3, -0.25) is 14.2 Å². The fourth-order valence-corrected chi connectivity index (χ4v) is 9.59. The third-order valence-corrected chi connectivity index (χ3v) is 14.7. The summed E-state index contributed by atoms with van der Waals surface area (Å²) in [5.41, 5.74) is 0. The maximum absolute atomic E-state index is 13.5. The summed E-state index contributed by atoms with van der Waals surface area (Å²) in [5, 5.41) is 3.00. The van der Waals surface area contributed by atoms with Crippen LogP contribution in [0.1, 0.15) is 284 Å². The summed E-state index contributed by atoms with van der Waals surface area (Å²) in [5.74, 6) is -0.598. The second-order valence-corrected chi connectivity index (χ2v) is 23.6. The first-order valence-electron chi connectivity index (χ1n) is 31.1. The molecule has 0 spiro atoms. The van der Waals surface area contributed by atoms with Crippen LogP contribution in [0.2, 0.25) is 0 Å². The summed E-state index contributed by atoms with van der Waals surface area (Å²) < 4.78 is 30.3. The highest BCUT2D eigenvalue weighted by Crippen LogP contribution is 2.38. The zero-order valence-corrected chi connectivity index (χ0v) is 50.2. The van der Waals surface area contributed by atoms with Crippen LogP contribution in [-0.4, -0.2) is 69.4 Å². The van der Waals surface area contributed by atoms with Gasteiger partial charge in [0.15, 0.2) is 0 Å². The first kappa shape index (κ1) is 71.7. The Kier molecular flexibility index (Phi) is 52.4. The van der Waals surface area contributed by atoms with Gasteiger partial charge in [0.25, 0.3) is 7.82 Å². The quantitative estimate of drug-likeness (QED) is 0.0212. The average molecular weight is 1060 g/mol. The Labute approximate surface area is 458 Å². The number of phosphoric acid groups is 1. The molecule has 3 atom stereocenters. The van der Waals surface area contributed by atoms with Gasteiger partial charge < -0.3 is 28.5 Å². The molecule has 9 nitrogen and oxygen atoms in total. The van der Waals surface area contributed by atoms with E-state index in [1.807, 2.05) is 33.3 Å². The van der Waals surface area contributed by atoms with Crippen LogP contribution < -0.4 is 10.2 Å². The van der Waals surface area contributed by atoms with E-state index in [1.165, 1.54) is 180 Å². The smallest absolute Gasteiger partial charge is 0.306 e. The number of esters is 1. The van der Waals surface area contributed by atoms with E-state index in [2.05, 4.69) is 74.7 Å². The number of rotatable bonds is 56. The van der Waals surface area contributed by atoms with Crippen molar-refractivity contribution in [1.29, 1.82) is 0 Å². The highest BCUT2D eigenvalue weighted by Gasteiger charge is 2.27. The van der Waals surface area contributed by atoms with Gasteiger partial charge in [0.05, 0.1) is 33.8 Å². The lowest BCUT2D eigenvalue weighted by molar-refractivity contribution is -0.870. The molecule has 0 aromatic rings. The van der Waals surface area contributed by atoms with Crippen molar-refractivity contribution in [1.82, 2.24) is 5.32 Å². The zero-order valence-electron chi connectivity index (χ0n) is 49.3. The summed E-state index contributed by atoms with van der Waals surface area (Å²) >= 11 is 0. The van der Waals surface area contributed by atoms with Crippen LogP contribution in [0.25, 0.3) is 0 Å². The van der Waals surface area contributed by atoms with E-state index in [0.29, 0.717) is 17.4 Å². The molecule has 1 amide bonds. The Balaban J connectivity index is 5.32. The Morgan fingerprint density at radius 2 is 0.838 bits per heavy atom. The molecule has 0 fully saturated rings. The minimum atomic E-state index is -4.71. The van der Waals surface area contributed by atoms with Crippen LogP contribution in [0.5, 0.6) is 0 Å². The molecule has 0 aliphatic rings. The van der Waals surface area contributed by atoms with Gasteiger partial charge in [0.1, 0.15) is 19.3 Å². The molecule has 0 aliphatic heterocycles. The minimum absolute atomic E-state index is 0.0323. The number of amides is 1. The molecule has 0 rings (SSSR count). The third-order valence-electron chi connectivity index (χ3n) is 13.7. The van der Waals surface area contributed by atoms with Gasteiger partial charge >= 0.3 is 5.97 Å². The predicted octanol–water partition coefficient (Wildman–Crippen LogP) is 18.4. The van der Waals surface area contributed by atoms with Crippen molar-refractivity contribution in [2.45, 2.75) is 296 Å². The van der Waals surface area contributed by atoms with E-state index in [4.69, 9.17) is 13.8 Å². The number of phosphoric ester groups is 1. The number of carbonyl (C=O) groups is 2. The lowest BCUT2D eigenvalue weighted by Gasteiger charge is -2.30. The third kappa shape index (κ3) is 54.5. The second kappa shape index (κ2) is 54.1. The van der Waals surface area contributed by atoms with Gasteiger partial charge in [-0.15, -0.1) is 0 Å². The normalized spacial score (nSPS) is 14.1. The van der Waals surface area contributed by atoms with E-state index in [-0.39, 0.29) is 31.3 Å². The van der Waals surface area contributed by atoms with Crippen molar-refractivity contribution in [2.75, 3.05) is 40.9 Å².